The van der Waals surface area contributed by atoms with Crippen molar-refractivity contribution in [3.8, 4) is 0 Å². The molecule has 3 aromatic carbocycles. The zero-order chi connectivity index (χ0) is 28.9. The lowest BCUT2D eigenvalue weighted by Gasteiger charge is -2.37. The number of carbonyl (C=O) groups is 3. The molecule has 3 fully saturated rings. The van der Waals surface area contributed by atoms with Gasteiger partial charge < -0.3 is 25.4 Å². The fourth-order valence-corrected chi connectivity index (χ4v) is 7.79. The Hall–Kier alpha value is -3.53. The number of rotatable bonds is 7. The Morgan fingerprint density at radius 1 is 1.02 bits per heavy atom. The van der Waals surface area contributed by atoms with E-state index in [0.29, 0.717) is 23.4 Å². The molecule has 9 heteroatoms. The number of aliphatic hydroxyl groups excluding tert-OH is 1. The molecule has 0 aliphatic carbocycles. The molecule has 7 atom stereocenters. The normalized spacial score (nSPS) is 28.8. The Bertz CT molecular complexity index is 1490. The highest BCUT2D eigenvalue weighted by Gasteiger charge is 2.77. The third-order valence-corrected chi connectivity index (χ3v) is 9.51. The van der Waals surface area contributed by atoms with Gasteiger partial charge >= 0.3 is 0 Å². The molecule has 41 heavy (non-hydrogen) atoms. The number of aliphatic hydroxyl groups is 1. The molecule has 6 rings (SSSR count). The average Bonchev–Trinajstić information content (AvgIpc) is 3.56. The van der Waals surface area contributed by atoms with Gasteiger partial charge in [0.05, 0.1) is 30.6 Å². The minimum absolute atomic E-state index is 0.238. The molecule has 3 aliphatic heterocycles. The van der Waals surface area contributed by atoms with E-state index in [0.717, 1.165) is 11.1 Å². The number of alkyl halides is 1. The Balaban J connectivity index is 1.43. The van der Waals surface area contributed by atoms with Crippen LogP contribution in [0.1, 0.15) is 29.2 Å². The first-order chi connectivity index (χ1) is 19.7. The lowest BCUT2D eigenvalue weighted by atomic mass is 9.70. The summed E-state index contributed by atoms with van der Waals surface area (Å²) in [5.74, 6) is -2.83. The zero-order valence-electron chi connectivity index (χ0n) is 22.8. The van der Waals surface area contributed by atoms with Crippen LogP contribution < -0.4 is 10.6 Å². The fraction of sp³-hybridized carbons (Fsp3) is 0.344. The number of para-hydroxylation sites is 1. The van der Waals surface area contributed by atoms with Crippen LogP contribution in [0.25, 0.3) is 0 Å². The van der Waals surface area contributed by atoms with Crippen molar-refractivity contribution in [2.75, 3.05) is 17.2 Å². The van der Waals surface area contributed by atoms with Crippen LogP contribution in [-0.2, 0) is 19.1 Å². The summed E-state index contributed by atoms with van der Waals surface area (Å²) in [6, 6.07) is 22.1. The van der Waals surface area contributed by atoms with Crippen LogP contribution >= 0.6 is 15.9 Å². The Kier molecular flexibility index (Phi) is 7.21. The molecule has 3 aromatic rings. The summed E-state index contributed by atoms with van der Waals surface area (Å²) < 4.78 is 6.61. The van der Waals surface area contributed by atoms with Gasteiger partial charge in [-0.2, -0.15) is 0 Å². The molecule has 3 saturated heterocycles. The highest BCUT2D eigenvalue weighted by molar-refractivity contribution is 9.09. The summed E-state index contributed by atoms with van der Waals surface area (Å²) in [6.45, 7) is 3.46. The topological polar surface area (TPSA) is 108 Å². The molecule has 0 saturated carbocycles. The van der Waals surface area contributed by atoms with Crippen LogP contribution in [0.3, 0.4) is 0 Å². The van der Waals surface area contributed by atoms with Crippen LogP contribution in [-0.4, -0.2) is 56.9 Å². The van der Waals surface area contributed by atoms with E-state index in [-0.39, 0.29) is 16.6 Å². The van der Waals surface area contributed by atoms with E-state index in [1.54, 1.807) is 12.1 Å². The lowest BCUT2D eigenvalue weighted by Crippen LogP contribution is -2.55. The van der Waals surface area contributed by atoms with E-state index in [4.69, 9.17) is 4.74 Å². The van der Waals surface area contributed by atoms with Crippen molar-refractivity contribution in [1.82, 2.24) is 4.90 Å². The van der Waals surface area contributed by atoms with E-state index >= 15 is 0 Å². The van der Waals surface area contributed by atoms with Crippen LogP contribution in [0.15, 0.2) is 78.9 Å². The molecule has 0 aromatic heterocycles. The Morgan fingerprint density at radius 3 is 2.39 bits per heavy atom. The number of nitrogens with zero attached hydrogens (tertiary/aromatic N) is 1. The van der Waals surface area contributed by atoms with Crippen molar-refractivity contribution >= 4 is 45.0 Å². The standard InChI is InChI=1S/C32H32BrN3O5/c1-18-13-14-19(2)23(15-18)35-30(39)28-32-16-22(33)27(41-32)25(29(38)34-21-11-7-4-8-12-21)26(32)31(40)36(28)24(17-37)20-9-5-3-6-10-20/h3-15,22,24-28,37H,16-17H2,1-2H3,(H,34,38)(H,35,39)/t22?,24-,25-,26+,27-,28?,32?/m1/s1. The van der Waals surface area contributed by atoms with Crippen molar-refractivity contribution < 1.29 is 24.2 Å². The van der Waals surface area contributed by atoms with Crippen molar-refractivity contribution in [3.05, 3.63) is 95.6 Å². The molecular formula is C32H32BrN3O5. The molecule has 1 spiro atoms. The second kappa shape index (κ2) is 10.7. The molecular weight excluding hydrogens is 586 g/mol. The minimum Gasteiger partial charge on any atom is -0.394 e. The van der Waals surface area contributed by atoms with Gasteiger partial charge in [-0.05, 0) is 55.2 Å². The maximum atomic E-state index is 14.5. The molecule has 3 amide bonds. The van der Waals surface area contributed by atoms with Gasteiger partial charge in [0.2, 0.25) is 17.7 Å². The summed E-state index contributed by atoms with van der Waals surface area (Å²) in [4.78, 5) is 43.8. The molecule has 212 valence electrons. The molecule has 8 nitrogen and oxygen atoms in total. The Labute approximate surface area is 247 Å². The minimum atomic E-state index is -1.25. The maximum absolute atomic E-state index is 14.5. The highest BCUT2D eigenvalue weighted by Crippen LogP contribution is 2.61. The summed E-state index contributed by atoms with van der Waals surface area (Å²) in [7, 11) is 0. The van der Waals surface area contributed by atoms with Crippen LogP contribution in [0.2, 0.25) is 0 Å². The number of likely N-dealkylation sites (tertiary alicyclic amines) is 1. The van der Waals surface area contributed by atoms with E-state index < -0.39 is 48.1 Å². The van der Waals surface area contributed by atoms with E-state index in [2.05, 4.69) is 26.6 Å². The largest absolute Gasteiger partial charge is 0.394 e. The number of fused-ring (bicyclic) bond motifs is 1. The summed E-state index contributed by atoms with van der Waals surface area (Å²) in [5.41, 5.74) is 2.56. The quantitative estimate of drug-likeness (QED) is 0.341. The molecule has 3 heterocycles. The van der Waals surface area contributed by atoms with Crippen molar-refractivity contribution in [3.63, 3.8) is 0 Å². The van der Waals surface area contributed by atoms with Crippen LogP contribution in [0.5, 0.6) is 0 Å². The van der Waals surface area contributed by atoms with Gasteiger partial charge in [0.1, 0.15) is 11.6 Å². The van der Waals surface area contributed by atoms with Gasteiger partial charge in [0.25, 0.3) is 0 Å². The number of benzene rings is 3. The van der Waals surface area contributed by atoms with Crippen LogP contribution in [0, 0.1) is 25.7 Å². The molecule has 3 unspecified atom stereocenters. The molecule has 3 aliphatic rings. The average molecular weight is 619 g/mol. The van der Waals surface area contributed by atoms with Gasteiger partial charge in [0.15, 0.2) is 0 Å². The number of nitrogens with one attached hydrogen (secondary N) is 2. The van der Waals surface area contributed by atoms with Crippen molar-refractivity contribution in [1.29, 1.82) is 0 Å². The number of aryl methyl sites for hydroxylation is 2. The first-order valence-corrected chi connectivity index (χ1v) is 14.7. The smallest absolute Gasteiger partial charge is 0.250 e. The summed E-state index contributed by atoms with van der Waals surface area (Å²) >= 11 is 3.71. The summed E-state index contributed by atoms with van der Waals surface area (Å²) in [6.07, 6.45) is -0.215. The van der Waals surface area contributed by atoms with Gasteiger partial charge in [-0.25, -0.2) is 0 Å². The van der Waals surface area contributed by atoms with E-state index in [9.17, 15) is 19.5 Å². The number of carbonyl (C=O) groups excluding carboxylic acids is 3. The predicted molar refractivity (Wildman–Crippen MR) is 158 cm³/mol. The van der Waals surface area contributed by atoms with Crippen molar-refractivity contribution in [2.24, 2.45) is 11.8 Å². The number of hydrogen-bond donors (Lipinski definition) is 3. The van der Waals surface area contributed by atoms with Crippen molar-refractivity contribution in [2.45, 2.75) is 48.9 Å². The fourth-order valence-electron chi connectivity index (χ4n) is 6.85. The first kappa shape index (κ1) is 27.6. The molecule has 2 bridgehead atoms. The van der Waals surface area contributed by atoms with Gasteiger partial charge in [-0.1, -0.05) is 76.6 Å². The number of anilines is 2. The lowest BCUT2D eigenvalue weighted by molar-refractivity contribution is -0.143. The predicted octanol–water partition coefficient (Wildman–Crippen LogP) is 4.36. The van der Waals surface area contributed by atoms with Gasteiger partial charge in [0, 0.05) is 16.2 Å². The SMILES string of the molecule is Cc1ccc(C)c(NC(=O)C2N([C@H](CO)c3ccccc3)C(=O)[C@@H]3[C@@H](C(=O)Nc4ccccc4)[C@@H]4OC23CC4Br)c1. The monoisotopic (exact) mass is 617 g/mol. The Morgan fingerprint density at radius 2 is 1.71 bits per heavy atom. The maximum Gasteiger partial charge on any atom is 0.250 e. The first-order valence-electron chi connectivity index (χ1n) is 13.8. The second-order valence-corrected chi connectivity index (χ2v) is 12.4. The summed E-state index contributed by atoms with van der Waals surface area (Å²) in [5, 5.41) is 16.6. The van der Waals surface area contributed by atoms with Gasteiger partial charge in [-0.3, -0.25) is 14.4 Å². The number of amides is 3. The van der Waals surface area contributed by atoms with E-state index in [1.807, 2.05) is 80.6 Å². The highest BCUT2D eigenvalue weighted by atomic mass is 79.9. The number of ether oxygens (including phenoxy) is 1. The number of halogens is 1. The second-order valence-electron chi connectivity index (χ2n) is 11.2. The number of hydrogen-bond acceptors (Lipinski definition) is 5. The molecule has 3 N–H and O–H groups in total. The zero-order valence-corrected chi connectivity index (χ0v) is 24.4. The third kappa shape index (κ3) is 4.56. The van der Waals surface area contributed by atoms with Gasteiger partial charge in [-0.15, -0.1) is 0 Å². The van der Waals surface area contributed by atoms with E-state index in [1.165, 1.54) is 4.90 Å². The third-order valence-electron chi connectivity index (χ3n) is 8.66. The molecule has 0 radical (unpaired) electrons. The van der Waals surface area contributed by atoms with Crippen LogP contribution in [0.4, 0.5) is 11.4 Å².